The largest absolute Gasteiger partial charge is 0.456 e. The van der Waals surface area contributed by atoms with E-state index in [-0.39, 0.29) is 5.54 Å². The summed E-state index contributed by atoms with van der Waals surface area (Å²) in [5.41, 5.74) is 8.24. The molecule has 2 nitrogen and oxygen atoms in total. The third kappa shape index (κ3) is 4.86. The van der Waals surface area contributed by atoms with Crippen molar-refractivity contribution in [2.24, 2.45) is 0 Å². The van der Waals surface area contributed by atoms with Crippen molar-refractivity contribution in [1.82, 2.24) is 4.90 Å². The third-order valence-electron chi connectivity index (χ3n) is 7.66. The maximum atomic E-state index is 6.26. The summed E-state index contributed by atoms with van der Waals surface area (Å²) in [6.45, 7) is 4.28. The second-order valence-corrected chi connectivity index (χ2v) is 10.3. The predicted octanol–water partition coefficient (Wildman–Crippen LogP) is 7.68. The molecule has 1 heterocycles. The zero-order valence-electron chi connectivity index (χ0n) is 22.5. The summed E-state index contributed by atoms with van der Waals surface area (Å²) in [4.78, 5) is 2.38. The molecule has 0 spiro atoms. The lowest BCUT2D eigenvalue weighted by Crippen LogP contribution is -2.38. The van der Waals surface area contributed by atoms with E-state index >= 15 is 0 Å². The van der Waals surface area contributed by atoms with Gasteiger partial charge in [0.15, 0.2) is 0 Å². The lowest BCUT2D eigenvalue weighted by Gasteiger charge is -2.38. The molecule has 3 aromatic rings. The SMILES string of the molecule is C\C=C/C=c1\c(=C/C=C/N(C2=CC=C3Cc4ccccc4C3=CC2)C2(C)C=CC=CC=C2)oc2ccccc12. The van der Waals surface area contributed by atoms with Crippen LogP contribution in [-0.2, 0) is 6.42 Å². The van der Waals surface area contributed by atoms with E-state index in [0.29, 0.717) is 0 Å². The molecule has 39 heavy (non-hydrogen) atoms. The number of furan rings is 1. The lowest BCUT2D eigenvalue weighted by atomic mass is 9.97. The van der Waals surface area contributed by atoms with Gasteiger partial charge in [-0.15, -0.1) is 0 Å². The number of hydrogen-bond acceptors (Lipinski definition) is 2. The predicted molar refractivity (Wildman–Crippen MR) is 165 cm³/mol. The number of para-hydroxylation sites is 1. The summed E-state index contributed by atoms with van der Waals surface area (Å²) in [5, 5.41) is 2.22. The Morgan fingerprint density at radius 1 is 0.872 bits per heavy atom. The normalized spacial score (nSPS) is 18.8. The Labute approximate surface area is 230 Å². The Bertz CT molecular complexity index is 1760. The van der Waals surface area contributed by atoms with Crippen LogP contribution in [0.5, 0.6) is 0 Å². The number of allylic oxidation sites excluding steroid dienone is 12. The molecule has 0 bridgehead atoms. The van der Waals surface area contributed by atoms with Gasteiger partial charge in [0.1, 0.15) is 11.0 Å². The maximum Gasteiger partial charge on any atom is 0.135 e. The quantitative estimate of drug-likeness (QED) is 0.352. The Morgan fingerprint density at radius 2 is 1.67 bits per heavy atom. The first-order valence-corrected chi connectivity index (χ1v) is 13.7. The second-order valence-electron chi connectivity index (χ2n) is 10.3. The van der Waals surface area contributed by atoms with E-state index in [1.165, 1.54) is 28.0 Å². The minimum atomic E-state index is -0.318. The molecule has 0 radical (unpaired) electrons. The van der Waals surface area contributed by atoms with Crippen molar-refractivity contribution >= 4 is 28.7 Å². The van der Waals surface area contributed by atoms with E-state index in [2.05, 4.69) is 133 Å². The maximum absolute atomic E-state index is 6.26. The van der Waals surface area contributed by atoms with Crippen molar-refractivity contribution in [2.45, 2.75) is 32.2 Å². The number of nitrogens with zero attached hydrogens (tertiary/aromatic N) is 1. The minimum absolute atomic E-state index is 0.318. The van der Waals surface area contributed by atoms with Crippen LogP contribution in [0.25, 0.3) is 28.7 Å². The van der Waals surface area contributed by atoms with Crippen LogP contribution in [-0.4, -0.2) is 10.4 Å². The lowest BCUT2D eigenvalue weighted by molar-refractivity contribution is 0.326. The van der Waals surface area contributed by atoms with Crippen LogP contribution < -0.4 is 10.6 Å². The molecule has 1 aromatic heterocycles. The molecule has 0 atom stereocenters. The fourth-order valence-corrected chi connectivity index (χ4v) is 5.65. The van der Waals surface area contributed by atoms with Gasteiger partial charge in [0.25, 0.3) is 0 Å². The molecule has 2 heteroatoms. The van der Waals surface area contributed by atoms with Crippen LogP contribution >= 0.6 is 0 Å². The Kier molecular flexibility index (Phi) is 6.77. The van der Waals surface area contributed by atoms with Crippen LogP contribution in [0.2, 0.25) is 0 Å². The fourth-order valence-electron chi connectivity index (χ4n) is 5.65. The van der Waals surface area contributed by atoms with Crippen molar-refractivity contribution < 1.29 is 4.42 Å². The van der Waals surface area contributed by atoms with Crippen LogP contribution in [0.4, 0.5) is 0 Å². The zero-order valence-corrected chi connectivity index (χ0v) is 22.5. The molecule has 0 saturated carbocycles. The average Bonchev–Trinajstić information content (AvgIpc) is 3.30. The highest BCUT2D eigenvalue weighted by atomic mass is 16.3. The van der Waals surface area contributed by atoms with Crippen LogP contribution in [0.3, 0.4) is 0 Å². The van der Waals surface area contributed by atoms with Gasteiger partial charge in [-0.2, -0.15) is 0 Å². The summed E-state index contributed by atoms with van der Waals surface area (Å²) in [5.74, 6) is 0. The van der Waals surface area contributed by atoms with Gasteiger partial charge in [0, 0.05) is 28.9 Å². The van der Waals surface area contributed by atoms with Gasteiger partial charge >= 0.3 is 0 Å². The number of benzene rings is 2. The van der Waals surface area contributed by atoms with Gasteiger partial charge < -0.3 is 9.32 Å². The Morgan fingerprint density at radius 3 is 2.51 bits per heavy atom. The van der Waals surface area contributed by atoms with Gasteiger partial charge in [-0.3, -0.25) is 0 Å². The first-order valence-electron chi connectivity index (χ1n) is 13.7. The molecule has 0 amide bonds. The molecule has 3 aliphatic carbocycles. The number of rotatable bonds is 5. The van der Waals surface area contributed by atoms with E-state index in [1.54, 1.807) is 0 Å². The first-order chi connectivity index (χ1) is 19.2. The summed E-state index contributed by atoms with van der Waals surface area (Å²) < 4.78 is 6.26. The zero-order chi connectivity index (χ0) is 26.7. The molecular weight excluding hydrogens is 474 g/mol. The smallest absolute Gasteiger partial charge is 0.135 e. The van der Waals surface area contributed by atoms with Crippen molar-refractivity contribution in [1.29, 1.82) is 0 Å². The van der Waals surface area contributed by atoms with Crippen LogP contribution in [0, 0.1) is 0 Å². The molecule has 0 unspecified atom stereocenters. The van der Waals surface area contributed by atoms with Gasteiger partial charge in [-0.1, -0.05) is 109 Å². The van der Waals surface area contributed by atoms with E-state index < -0.39 is 0 Å². The summed E-state index contributed by atoms with van der Waals surface area (Å²) in [7, 11) is 0. The number of fused-ring (bicyclic) bond motifs is 4. The number of hydrogen-bond donors (Lipinski definition) is 0. The standard InChI is InChI=1S/C37H33NO/c1-3-4-15-33-34-17-9-10-18-35(34)39-36(33)19-13-26-38(37(2)24-11-5-6-12-25-37)30-21-20-29-27-28-14-7-8-16-31(28)32(29)23-22-30/h3-21,23-26H,22,27H2,1-2H3/b4-3-,26-13+,33-15-,36-19+. The molecule has 6 rings (SSSR count). The molecule has 0 saturated heterocycles. The summed E-state index contributed by atoms with van der Waals surface area (Å²) in [6, 6.07) is 17.0. The van der Waals surface area contributed by atoms with Gasteiger partial charge in [-0.05, 0) is 66.8 Å². The average molecular weight is 508 g/mol. The molecule has 3 aliphatic rings. The molecule has 2 aromatic carbocycles. The molecular formula is C37H33NO. The molecule has 0 fully saturated rings. The third-order valence-corrected chi connectivity index (χ3v) is 7.66. The topological polar surface area (TPSA) is 16.4 Å². The first kappa shape index (κ1) is 24.8. The Balaban J connectivity index is 1.41. The van der Waals surface area contributed by atoms with E-state index in [0.717, 1.165) is 34.4 Å². The van der Waals surface area contributed by atoms with Crippen molar-refractivity contribution in [3.8, 4) is 0 Å². The van der Waals surface area contributed by atoms with Crippen molar-refractivity contribution in [3.05, 3.63) is 161 Å². The molecule has 0 aliphatic heterocycles. The van der Waals surface area contributed by atoms with E-state index in [9.17, 15) is 0 Å². The molecule has 0 N–H and O–H groups in total. The monoisotopic (exact) mass is 507 g/mol. The highest BCUT2D eigenvalue weighted by Gasteiger charge is 2.28. The van der Waals surface area contributed by atoms with Gasteiger partial charge in [0.05, 0.1) is 5.54 Å². The Hall–Kier alpha value is -4.56. The van der Waals surface area contributed by atoms with Crippen LogP contribution in [0.1, 0.15) is 31.4 Å². The van der Waals surface area contributed by atoms with Gasteiger partial charge in [-0.25, -0.2) is 0 Å². The van der Waals surface area contributed by atoms with E-state index in [1.807, 2.05) is 25.1 Å². The highest BCUT2D eigenvalue weighted by molar-refractivity contribution is 5.87. The van der Waals surface area contributed by atoms with Gasteiger partial charge in [0.2, 0.25) is 0 Å². The van der Waals surface area contributed by atoms with Crippen molar-refractivity contribution in [2.75, 3.05) is 0 Å². The summed E-state index contributed by atoms with van der Waals surface area (Å²) in [6.07, 6.45) is 34.4. The van der Waals surface area contributed by atoms with Crippen LogP contribution in [0.15, 0.2) is 143 Å². The van der Waals surface area contributed by atoms with Crippen molar-refractivity contribution in [3.63, 3.8) is 0 Å². The van der Waals surface area contributed by atoms with E-state index in [4.69, 9.17) is 4.42 Å². The minimum Gasteiger partial charge on any atom is -0.456 e. The highest BCUT2D eigenvalue weighted by Crippen LogP contribution is 2.40. The molecule has 192 valence electrons. The second kappa shape index (κ2) is 10.7. The summed E-state index contributed by atoms with van der Waals surface area (Å²) >= 11 is 0. The fraction of sp³-hybridized carbons (Fsp3) is 0.135.